The quantitative estimate of drug-likeness (QED) is 0.219. The number of alkyl halides is 6. The number of halogens is 7. The Morgan fingerprint density at radius 3 is 2.35 bits per heavy atom. The van der Waals surface area contributed by atoms with E-state index in [1.165, 1.54) is 12.1 Å². The van der Waals surface area contributed by atoms with Crippen LogP contribution in [0.4, 0.5) is 30.7 Å². The number of pyridine rings is 2. The second kappa shape index (κ2) is 11.3. The summed E-state index contributed by atoms with van der Waals surface area (Å²) < 4.78 is 109. The summed E-state index contributed by atoms with van der Waals surface area (Å²) in [7, 11) is 1.16. The van der Waals surface area contributed by atoms with Crippen LogP contribution in [-0.2, 0) is 22.0 Å². The van der Waals surface area contributed by atoms with Crippen LogP contribution < -0.4 is 20.5 Å². The predicted molar refractivity (Wildman–Crippen MR) is 154 cm³/mol. The molecule has 0 bridgehead atoms. The number of aromatic nitrogens is 2. The molecule has 1 aliphatic heterocycles. The number of hydrogen-bond acceptors (Lipinski definition) is 7. The molecule has 6 rings (SSSR count). The fraction of sp³-hybridized carbons (Fsp3) is 0.312. The van der Waals surface area contributed by atoms with Crippen LogP contribution in [0.2, 0.25) is 0 Å². The topological polar surface area (TPSA) is 137 Å². The largest absolute Gasteiger partial charge is 0.494 e. The number of hydrogen-bond donors (Lipinski definition) is 3. The first-order chi connectivity index (χ1) is 22.5. The zero-order valence-corrected chi connectivity index (χ0v) is 24.8. The van der Waals surface area contributed by atoms with Crippen molar-refractivity contribution in [3.8, 4) is 22.8 Å². The molecular formula is C32H25F7N4O5. The van der Waals surface area contributed by atoms with Crippen LogP contribution >= 0.6 is 0 Å². The second-order valence-corrected chi connectivity index (χ2v) is 11.7. The lowest BCUT2D eigenvalue weighted by atomic mass is 9.76. The minimum Gasteiger partial charge on any atom is -0.494 e. The average Bonchev–Trinajstić information content (AvgIpc) is 3.81. The van der Waals surface area contributed by atoms with Crippen molar-refractivity contribution < 1.29 is 54.9 Å². The van der Waals surface area contributed by atoms with E-state index in [0.717, 1.165) is 37.4 Å². The van der Waals surface area contributed by atoms with E-state index in [4.69, 9.17) is 15.2 Å². The van der Waals surface area contributed by atoms with Crippen molar-refractivity contribution in [2.45, 2.75) is 36.2 Å². The first kappa shape index (κ1) is 32.9. The number of benzene rings is 2. The van der Waals surface area contributed by atoms with Gasteiger partial charge < -0.3 is 25.6 Å². The molecule has 2 amide bonds. The van der Waals surface area contributed by atoms with Crippen LogP contribution in [0.1, 0.15) is 40.0 Å². The van der Waals surface area contributed by atoms with Crippen LogP contribution in [0, 0.1) is 11.7 Å². The van der Waals surface area contributed by atoms with Gasteiger partial charge in [-0.05, 0) is 67.3 Å². The molecule has 2 aromatic carbocycles. The van der Waals surface area contributed by atoms with Gasteiger partial charge in [-0.1, -0.05) is 0 Å². The van der Waals surface area contributed by atoms with Crippen molar-refractivity contribution in [1.29, 1.82) is 0 Å². The number of carbonyl (C=O) groups is 2. The van der Waals surface area contributed by atoms with Crippen molar-refractivity contribution in [3.63, 3.8) is 0 Å². The summed E-state index contributed by atoms with van der Waals surface area (Å²) in [5, 5.41) is 13.2. The monoisotopic (exact) mass is 678 g/mol. The smallest absolute Gasteiger partial charge is 0.424 e. The molecule has 4 aromatic rings. The van der Waals surface area contributed by atoms with Gasteiger partial charge in [-0.15, -0.1) is 0 Å². The summed E-state index contributed by atoms with van der Waals surface area (Å²) in [5.41, 5.74) is -2.37. The molecule has 2 aliphatic rings. The number of ether oxygens (including phenoxy) is 2. The minimum absolute atomic E-state index is 0.0388. The Kier molecular flexibility index (Phi) is 7.76. The molecule has 0 spiro atoms. The number of primary amides is 1. The fourth-order valence-corrected chi connectivity index (χ4v) is 5.91. The van der Waals surface area contributed by atoms with Crippen LogP contribution in [0.3, 0.4) is 0 Å². The maximum Gasteiger partial charge on any atom is 0.424 e. The molecule has 1 aliphatic carbocycles. The molecule has 1 saturated carbocycles. The lowest BCUT2D eigenvalue weighted by Gasteiger charge is -2.32. The summed E-state index contributed by atoms with van der Waals surface area (Å²) in [4.78, 5) is 33.9. The standard InChI is InChI=1S/C32H25F7N4O5/c1-47-22-10-17(8-16-9-19(31(34,35)36)12-41-24(16)22)27(44)42-13-30(46,32(37,38)39)23-11-21-26(25(43-23)15-2-6-20(33)7-3-15)48-14-29(21,28(40)45)18-4-5-18/h2-3,6-12,18,46H,4-5,13-14H2,1H3,(H2,40,45)(H,42,44)/t29-,30+/m1/s1. The highest BCUT2D eigenvalue weighted by molar-refractivity contribution is 6.00. The van der Waals surface area contributed by atoms with E-state index in [2.05, 4.69) is 9.97 Å². The van der Waals surface area contributed by atoms with Gasteiger partial charge in [0, 0.05) is 28.3 Å². The highest BCUT2D eigenvalue weighted by Gasteiger charge is 2.60. The molecule has 252 valence electrons. The summed E-state index contributed by atoms with van der Waals surface area (Å²) in [6.45, 7) is -1.81. The third-order valence-corrected chi connectivity index (χ3v) is 8.68. The third kappa shape index (κ3) is 5.42. The lowest BCUT2D eigenvalue weighted by molar-refractivity contribution is -0.265. The zero-order chi connectivity index (χ0) is 34.8. The Morgan fingerprint density at radius 2 is 1.77 bits per heavy atom. The number of nitrogens with two attached hydrogens (primary N) is 1. The van der Waals surface area contributed by atoms with Crippen molar-refractivity contribution in [2.24, 2.45) is 11.7 Å². The van der Waals surface area contributed by atoms with Gasteiger partial charge in [-0.3, -0.25) is 14.6 Å². The van der Waals surface area contributed by atoms with Crippen LogP contribution in [-0.4, -0.2) is 53.3 Å². The Balaban J connectivity index is 1.43. The molecule has 9 nitrogen and oxygen atoms in total. The Labute approximate surface area is 266 Å². The van der Waals surface area contributed by atoms with E-state index in [9.17, 15) is 45.4 Å². The van der Waals surface area contributed by atoms with Gasteiger partial charge in [-0.25, -0.2) is 9.37 Å². The van der Waals surface area contributed by atoms with Crippen LogP contribution in [0.5, 0.6) is 11.5 Å². The summed E-state index contributed by atoms with van der Waals surface area (Å²) in [6, 6.07) is 8.16. The van der Waals surface area contributed by atoms with Crippen molar-refractivity contribution in [2.75, 3.05) is 20.3 Å². The Hall–Kier alpha value is -4.99. The van der Waals surface area contributed by atoms with E-state index >= 15 is 0 Å². The summed E-state index contributed by atoms with van der Waals surface area (Å²) >= 11 is 0. The molecule has 0 saturated heterocycles. The number of carbonyl (C=O) groups excluding carboxylic acids is 2. The summed E-state index contributed by atoms with van der Waals surface area (Å²) in [5.74, 6) is -3.26. The normalized spacial score (nSPS) is 18.9. The Morgan fingerprint density at radius 1 is 1.08 bits per heavy atom. The van der Waals surface area contributed by atoms with Gasteiger partial charge in [0.15, 0.2) is 0 Å². The number of nitrogens with zero attached hydrogens (tertiary/aromatic N) is 2. The van der Waals surface area contributed by atoms with Gasteiger partial charge in [0.2, 0.25) is 11.5 Å². The molecule has 3 heterocycles. The van der Waals surface area contributed by atoms with E-state index in [0.29, 0.717) is 25.1 Å². The number of nitrogens with one attached hydrogen (secondary N) is 1. The zero-order valence-electron chi connectivity index (χ0n) is 24.8. The van der Waals surface area contributed by atoms with E-state index in [-0.39, 0.29) is 51.7 Å². The molecular weight excluding hydrogens is 653 g/mol. The third-order valence-electron chi connectivity index (χ3n) is 8.68. The predicted octanol–water partition coefficient (Wildman–Crippen LogP) is 5.17. The van der Waals surface area contributed by atoms with Gasteiger partial charge in [0.25, 0.3) is 5.91 Å². The van der Waals surface area contributed by atoms with Crippen molar-refractivity contribution >= 4 is 22.7 Å². The van der Waals surface area contributed by atoms with Crippen molar-refractivity contribution in [3.05, 3.63) is 82.9 Å². The fourth-order valence-electron chi connectivity index (χ4n) is 5.91. The number of fused-ring (bicyclic) bond motifs is 2. The lowest BCUT2D eigenvalue weighted by Crippen LogP contribution is -2.52. The van der Waals surface area contributed by atoms with E-state index in [1.807, 2.05) is 5.32 Å². The van der Waals surface area contributed by atoms with Gasteiger partial charge in [-0.2, -0.15) is 26.3 Å². The van der Waals surface area contributed by atoms with Crippen molar-refractivity contribution in [1.82, 2.24) is 15.3 Å². The number of amides is 2. The SMILES string of the molecule is COc1cc(C(=O)NC[C@](O)(c2cc3c(c(-c4ccc(F)cc4)n2)OC[C@@]3(C(N)=O)C2CC2)C(F)(F)F)cc2cc(C(F)(F)F)cnc12. The first-order valence-electron chi connectivity index (χ1n) is 14.4. The number of aliphatic hydroxyl groups is 1. The van der Waals surface area contributed by atoms with Gasteiger partial charge >= 0.3 is 12.4 Å². The average molecular weight is 679 g/mol. The van der Waals surface area contributed by atoms with E-state index in [1.54, 1.807) is 0 Å². The number of rotatable bonds is 8. The first-order valence-corrected chi connectivity index (χ1v) is 14.4. The molecule has 0 radical (unpaired) electrons. The molecule has 0 unspecified atom stereocenters. The van der Waals surface area contributed by atoms with Crippen LogP contribution in [0.25, 0.3) is 22.2 Å². The highest BCUT2D eigenvalue weighted by atomic mass is 19.4. The molecule has 2 atom stereocenters. The maximum atomic E-state index is 14.8. The van der Waals surface area contributed by atoms with Gasteiger partial charge in [0.1, 0.15) is 40.5 Å². The molecule has 16 heteroatoms. The highest BCUT2D eigenvalue weighted by Crippen LogP contribution is 2.56. The summed E-state index contributed by atoms with van der Waals surface area (Å²) in [6.07, 6.45) is -8.63. The second-order valence-electron chi connectivity index (χ2n) is 11.7. The van der Waals surface area contributed by atoms with Gasteiger partial charge in [0.05, 0.1) is 24.9 Å². The maximum absolute atomic E-state index is 14.8. The molecule has 4 N–H and O–H groups in total. The Bertz CT molecular complexity index is 1950. The molecule has 48 heavy (non-hydrogen) atoms. The minimum atomic E-state index is -5.48. The molecule has 2 aromatic heterocycles. The van der Waals surface area contributed by atoms with E-state index < -0.39 is 64.4 Å². The number of methoxy groups -OCH3 is 1. The van der Waals surface area contributed by atoms with Crippen LogP contribution in [0.15, 0.2) is 54.7 Å². The molecule has 1 fully saturated rings.